The van der Waals surface area contributed by atoms with Gasteiger partial charge in [-0.05, 0) is 31.6 Å². The van der Waals surface area contributed by atoms with E-state index >= 15 is 0 Å². The summed E-state index contributed by atoms with van der Waals surface area (Å²) in [4.78, 5) is 2.67. The fraction of sp³-hybridized carbons (Fsp3) is 1.00. The van der Waals surface area contributed by atoms with Gasteiger partial charge in [-0.1, -0.05) is 39.5 Å². The molecule has 0 amide bonds. The Hall–Kier alpha value is -0.0800. The van der Waals surface area contributed by atoms with E-state index in [1.54, 1.807) is 0 Å². The normalized spacial score (nSPS) is 31.6. The van der Waals surface area contributed by atoms with Gasteiger partial charge in [0, 0.05) is 18.6 Å². The molecule has 2 aliphatic carbocycles. The van der Waals surface area contributed by atoms with Crippen LogP contribution < -0.4 is 0 Å². The van der Waals surface area contributed by atoms with Gasteiger partial charge in [0.05, 0.1) is 6.10 Å². The Balaban J connectivity index is 2.01. The van der Waals surface area contributed by atoms with Crippen molar-refractivity contribution in [3.8, 4) is 0 Å². The van der Waals surface area contributed by atoms with Gasteiger partial charge in [0.25, 0.3) is 0 Å². The zero-order valence-electron chi connectivity index (χ0n) is 11.6. The van der Waals surface area contributed by atoms with Gasteiger partial charge in [-0.25, -0.2) is 0 Å². The Kier molecular flexibility index (Phi) is 4.87. The molecule has 2 atom stereocenters. The van der Waals surface area contributed by atoms with Crippen LogP contribution in [0.4, 0.5) is 0 Å². The fourth-order valence-electron chi connectivity index (χ4n) is 3.69. The molecule has 0 saturated heterocycles. The van der Waals surface area contributed by atoms with E-state index in [1.165, 1.54) is 51.5 Å². The monoisotopic (exact) mass is 239 g/mol. The summed E-state index contributed by atoms with van der Waals surface area (Å²) in [5, 5.41) is 10.3. The van der Waals surface area contributed by atoms with Gasteiger partial charge in [-0.3, -0.25) is 4.90 Å². The van der Waals surface area contributed by atoms with E-state index in [-0.39, 0.29) is 6.10 Å². The summed E-state index contributed by atoms with van der Waals surface area (Å²) in [6.45, 7) is 5.78. The van der Waals surface area contributed by atoms with Crippen molar-refractivity contribution < 1.29 is 5.11 Å². The smallest absolute Gasteiger partial charge is 0.0695 e. The van der Waals surface area contributed by atoms with Crippen LogP contribution in [0.3, 0.4) is 0 Å². The largest absolute Gasteiger partial charge is 0.391 e. The quantitative estimate of drug-likeness (QED) is 0.814. The van der Waals surface area contributed by atoms with Gasteiger partial charge >= 0.3 is 0 Å². The highest BCUT2D eigenvalue weighted by Crippen LogP contribution is 2.31. The zero-order chi connectivity index (χ0) is 12.3. The average molecular weight is 239 g/mol. The van der Waals surface area contributed by atoms with Crippen molar-refractivity contribution in [1.29, 1.82) is 0 Å². The van der Waals surface area contributed by atoms with Gasteiger partial charge in [0.1, 0.15) is 0 Å². The third-order valence-electron chi connectivity index (χ3n) is 4.49. The van der Waals surface area contributed by atoms with Crippen LogP contribution in [0.25, 0.3) is 0 Å². The van der Waals surface area contributed by atoms with Crippen LogP contribution >= 0.6 is 0 Å². The van der Waals surface area contributed by atoms with Gasteiger partial charge in [-0.2, -0.15) is 0 Å². The summed E-state index contributed by atoms with van der Waals surface area (Å²) < 4.78 is 0. The summed E-state index contributed by atoms with van der Waals surface area (Å²) in [5.41, 5.74) is 0. The van der Waals surface area contributed by atoms with E-state index in [2.05, 4.69) is 18.7 Å². The molecule has 0 bridgehead atoms. The van der Waals surface area contributed by atoms with Crippen molar-refractivity contribution in [1.82, 2.24) is 4.90 Å². The van der Waals surface area contributed by atoms with E-state index in [0.717, 1.165) is 12.5 Å². The second-order valence-corrected chi connectivity index (χ2v) is 6.45. The SMILES string of the molecule is CC(C)CN(C1CCCC1)C1CCCCC1O. The minimum Gasteiger partial charge on any atom is -0.391 e. The molecule has 17 heavy (non-hydrogen) atoms. The van der Waals surface area contributed by atoms with Gasteiger partial charge in [0.2, 0.25) is 0 Å². The lowest BCUT2D eigenvalue weighted by atomic mass is 9.89. The Morgan fingerprint density at radius 2 is 1.59 bits per heavy atom. The van der Waals surface area contributed by atoms with E-state index in [0.29, 0.717) is 12.0 Å². The summed E-state index contributed by atoms with van der Waals surface area (Å²) in [5.74, 6) is 0.713. The second kappa shape index (κ2) is 6.19. The predicted molar refractivity (Wildman–Crippen MR) is 72.1 cm³/mol. The molecule has 2 saturated carbocycles. The van der Waals surface area contributed by atoms with Gasteiger partial charge < -0.3 is 5.11 Å². The molecule has 0 aromatic heterocycles. The van der Waals surface area contributed by atoms with Crippen molar-refractivity contribution in [3.05, 3.63) is 0 Å². The van der Waals surface area contributed by atoms with Crippen molar-refractivity contribution in [3.63, 3.8) is 0 Å². The molecule has 0 aromatic rings. The lowest BCUT2D eigenvalue weighted by molar-refractivity contribution is -0.00643. The minimum absolute atomic E-state index is 0.0666. The number of nitrogens with zero attached hydrogens (tertiary/aromatic N) is 1. The molecule has 0 radical (unpaired) electrons. The highest BCUT2D eigenvalue weighted by atomic mass is 16.3. The second-order valence-electron chi connectivity index (χ2n) is 6.45. The van der Waals surface area contributed by atoms with E-state index in [9.17, 15) is 5.11 Å². The summed E-state index contributed by atoms with van der Waals surface area (Å²) in [6.07, 6.45) is 10.2. The molecule has 2 rings (SSSR count). The molecule has 2 heteroatoms. The van der Waals surface area contributed by atoms with Crippen LogP contribution in [0.2, 0.25) is 0 Å². The van der Waals surface area contributed by atoms with Crippen LogP contribution in [-0.2, 0) is 0 Å². The van der Waals surface area contributed by atoms with Crippen LogP contribution in [0.5, 0.6) is 0 Å². The lowest BCUT2D eigenvalue weighted by Crippen LogP contribution is -2.51. The van der Waals surface area contributed by atoms with Crippen LogP contribution in [-0.4, -0.2) is 34.7 Å². The fourth-order valence-corrected chi connectivity index (χ4v) is 3.69. The maximum absolute atomic E-state index is 10.3. The first-order chi connectivity index (χ1) is 8.18. The first-order valence-electron chi connectivity index (χ1n) is 7.62. The third kappa shape index (κ3) is 3.45. The van der Waals surface area contributed by atoms with Crippen molar-refractivity contribution >= 4 is 0 Å². The molecule has 0 aliphatic heterocycles. The molecule has 2 nitrogen and oxygen atoms in total. The molecular formula is C15H29NO. The third-order valence-corrected chi connectivity index (χ3v) is 4.49. The van der Waals surface area contributed by atoms with E-state index in [4.69, 9.17) is 0 Å². The number of aliphatic hydroxyl groups is 1. The predicted octanol–water partition coefficient (Wildman–Crippen LogP) is 3.19. The lowest BCUT2D eigenvalue weighted by Gasteiger charge is -2.42. The summed E-state index contributed by atoms with van der Waals surface area (Å²) in [6, 6.07) is 1.21. The molecule has 1 N–H and O–H groups in total. The number of rotatable bonds is 4. The van der Waals surface area contributed by atoms with Crippen LogP contribution in [0.1, 0.15) is 65.2 Å². The molecule has 2 unspecified atom stereocenters. The van der Waals surface area contributed by atoms with Crippen molar-refractivity contribution in [2.45, 2.75) is 83.4 Å². The Morgan fingerprint density at radius 1 is 1.00 bits per heavy atom. The summed E-state index contributed by atoms with van der Waals surface area (Å²) in [7, 11) is 0. The van der Waals surface area contributed by atoms with Gasteiger partial charge in [0.15, 0.2) is 0 Å². The molecule has 2 aliphatic rings. The number of aliphatic hydroxyl groups excluding tert-OH is 1. The van der Waals surface area contributed by atoms with Gasteiger partial charge in [-0.15, -0.1) is 0 Å². The number of hydrogen-bond acceptors (Lipinski definition) is 2. The van der Waals surface area contributed by atoms with Crippen LogP contribution in [0, 0.1) is 5.92 Å². The Labute approximate surface area is 106 Å². The molecule has 2 fully saturated rings. The molecular weight excluding hydrogens is 210 g/mol. The minimum atomic E-state index is -0.0666. The molecule has 0 heterocycles. The average Bonchev–Trinajstić information content (AvgIpc) is 2.80. The maximum atomic E-state index is 10.3. The van der Waals surface area contributed by atoms with E-state index in [1.807, 2.05) is 0 Å². The maximum Gasteiger partial charge on any atom is 0.0695 e. The topological polar surface area (TPSA) is 23.5 Å². The molecule has 0 aromatic carbocycles. The van der Waals surface area contributed by atoms with Crippen molar-refractivity contribution in [2.75, 3.05) is 6.54 Å². The van der Waals surface area contributed by atoms with Crippen LogP contribution in [0.15, 0.2) is 0 Å². The molecule has 0 spiro atoms. The summed E-state index contributed by atoms with van der Waals surface area (Å²) >= 11 is 0. The highest BCUT2D eigenvalue weighted by Gasteiger charge is 2.34. The molecule has 100 valence electrons. The standard InChI is InChI=1S/C15H29NO/c1-12(2)11-16(13-7-3-4-8-13)14-9-5-6-10-15(14)17/h12-15,17H,3-11H2,1-2H3. The Bertz CT molecular complexity index is 223. The van der Waals surface area contributed by atoms with Crippen molar-refractivity contribution in [2.24, 2.45) is 5.92 Å². The Morgan fingerprint density at radius 3 is 2.18 bits per heavy atom. The highest BCUT2D eigenvalue weighted by molar-refractivity contribution is 4.89. The number of hydrogen-bond donors (Lipinski definition) is 1. The first-order valence-corrected chi connectivity index (χ1v) is 7.62. The van der Waals surface area contributed by atoms with E-state index < -0.39 is 0 Å². The zero-order valence-corrected chi connectivity index (χ0v) is 11.6. The first kappa shape index (κ1) is 13.4.